The molecule has 0 radical (unpaired) electrons. The van der Waals surface area contributed by atoms with Crippen molar-refractivity contribution in [3.63, 3.8) is 0 Å². The molecule has 1 aliphatic carbocycles. The lowest BCUT2D eigenvalue weighted by atomic mass is 9.90. The lowest BCUT2D eigenvalue weighted by molar-refractivity contribution is 0.0922. The monoisotopic (exact) mass is 355 g/mol. The fourth-order valence-corrected chi connectivity index (χ4v) is 3.67. The normalized spacial score (nSPS) is 20.2. The molecule has 1 N–H and O–H groups in total. The van der Waals surface area contributed by atoms with Crippen LogP contribution in [-0.4, -0.2) is 21.5 Å². The molecule has 0 aliphatic heterocycles. The van der Waals surface area contributed by atoms with Crippen LogP contribution < -0.4 is 5.32 Å². The van der Waals surface area contributed by atoms with Crippen molar-refractivity contribution in [2.24, 2.45) is 0 Å². The van der Waals surface area contributed by atoms with Gasteiger partial charge in [0, 0.05) is 29.8 Å². The number of aromatic nitrogens is 2. The first-order chi connectivity index (χ1) is 12.6. The van der Waals surface area contributed by atoms with Crippen molar-refractivity contribution in [2.45, 2.75) is 37.8 Å². The highest BCUT2D eigenvalue weighted by molar-refractivity contribution is 5.94. The van der Waals surface area contributed by atoms with Gasteiger partial charge in [0.1, 0.15) is 0 Å². The van der Waals surface area contributed by atoms with Gasteiger partial charge in [0.05, 0.1) is 17.4 Å². The average molecular weight is 355 g/mol. The SMILES string of the molecule is O=C(NC1CCC(n2cnc3cc(F)c(F)cc32)CC1)c1ccccc1. The van der Waals surface area contributed by atoms with Crippen LogP contribution in [0.2, 0.25) is 0 Å². The summed E-state index contributed by atoms with van der Waals surface area (Å²) in [5, 5.41) is 3.08. The maximum Gasteiger partial charge on any atom is 0.251 e. The summed E-state index contributed by atoms with van der Waals surface area (Å²) in [7, 11) is 0. The Balaban J connectivity index is 1.42. The number of carbonyl (C=O) groups is 1. The van der Waals surface area contributed by atoms with Gasteiger partial charge in [-0.1, -0.05) is 18.2 Å². The largest absolute Gasteiger partial charge is 0.349 e. The molecular weight excluding hydrogens is 336 g/mol. The molecule has 1 amide bonds. The molecule has 2 aromatic carbocycles. The fraction of sp³-hybridized carbons (Fsp3) is 0.300. The highest BCUT2D eigenvalue weighted by Gasteiger charge is 2.25. The van der Waals surface area contributed by atoms with E-state index in [0.29, 0.717) is 16.6 Å². The van der Waals surface area contributed by atoms with Crippen molar-refractivity contribution in [2.75, 3.05) is 0 Å². The second kappa shape index (κ2) is 6.86. The zero-order valence-corrected chi connectivity index (χ0v) is 14.2. The fourth-order valence-electron chi connectivity index (χ4n) is 3.67. The number of hydrogen-bond acceptors (Lipinski definition) is 2. The number of fused-ring (bicyclic) bond motifs is 1. The zero-order chi connectivity index (χ0) is 18.1. The van der Waals surface area contributed by atoms with Crippen molar-refractivity contribution >= 4 is 16.9 Å². The molecule has 1 aliphatic rings. The number of nitrogens with one attached hydrogen (secondary N) is 1. The summed E-state index contributed by atoms with van der Waals surface area (Å²) < 4.78 is 28.8. The number of imidazole rings is 1. The van der Waals surface area contributed by atoms with E-state index >= 15 is 0 Å². The molecule has 1 heterocycles. The third-order valence-electron chi connectivity index (χ3n) is 5.08. The van der Waals surface area contributed by atoms with E-state index in [-0.39, 0.29) is 18.0 Å². The van der Waals surface area contributed by atoms with E-state index in [1.807, 2.05) is 22.8 Å². The van der Waals surface area contributed by atoms with Crippen molar-refractivity contribution < 1.29 is 13.6 Å². The molecule has 1 aromatic heterocycles. The summed E-state index contributed by atoms with van der Waals surface area (Å²) in [6.45, 7) is 0. The number of carbonyl (C=O) groups excluding carboxylic acids is 1. The van der Waals surface area contributed by atoms with E-state index < -0.39 is 11.6 Å². The van der Waals surface area contributed by atoms with E-state index in [2.05, 4.69) is 10.3 Å². The standard InChI is InChI=1S/C20H19F2N3O/c21-16-10-18-19(11-17(16)22)25(12-23-18)15-8-6-14(7-9-15)24-20(26)13-4-2-1-3-5-13/h1-5,10-12,14-15H,6-9H2,(H,24,26). The molecule has 1 fully saturated rings. The zero-order valence-electron chi connectivity index (χ0n) is 14.2. The quantitative estimate of drug-likeness (QED) is 0.764. The predicted molar refractivity (Wildman–Crippen MR) is 94.9 cm³/mol. The van der Waals surface area contributed by atoms with E-state index in [4.69, 9.17) is 0 Å². The maximum absolute atomic E-state index is 13.6. The van der Waals surface area contributed by atoms with Crippen LogP contribution in [-0.2, 0) is 0 Å². The molecule has 1 saturated carbocycles. The molecule has 3 aromatic rings. The Bertz CT molecular complexity index is 931. The van der Waals surface area contributed by atoms with Gasteiger partial charge in [0.2, 0.25) is 0 Å². The van der Waals surface area contributed by atoms with Crippen molar-refractivity contribution in [1.29, 1.82) is 0 Å². The van der Waals surface area contributed by atoms with Crippen LogP contribution in [0.4, 0.5) is 8.78 Å². The Morgan fingerprint density at radius 3 is 2.46 bits per heavy atom. The van der Waals surface area contributed by atoms with Crippen LogP contribution in [0, 0.1) is 11.6 Å². The molecule has 0 spiro atoms. The van der Waals surface area contributed by atoms with Gasteiger partial charge in [0.15, 0.2) is 11.6 Å². The van der Waals surface area contributed by atoms with Crippen LogP contribution in [0.15, 0.2) is 48.8 Å². The van der Waals surface area contributed by atoms with Gasteiger partial charge >= 0.3 is 0 Å². The third kappa shape index (κ3) is 3.19. The minimum Gasteiger partial charge on any atom is -0.349 e. The summed E-state index contributed by atoms with van der Waals surface area (Å²) in [4.78, 5) is 16.5. The lowest BCUT2D eigenvalue weighted by Crippen LogP contribution is -2.37. The first-order valence-corrected chi connectivity index (χ1v) is 8.79. The van der Waals surface area contributed by atoms with Gasteiger partial charge in [-0.25, -0.2) is 13.8 Å². The number of hydrogen-bond donors (Lipinski definition) is 1. The number of halogens is 2. The Morgan fingerprint density at radius 2 is 1.73 bits per heavy atom. The molecular formula is C20H19F2N3O. The van der Waals surface area contributed by atoms with Crippen molar-refractivity contribution in [3.8, 4) is 0 Å². The third-order valence-corrected chi connectivity index (χ3v) is 5.08. The van der Waals surface area contributed by atoms with Gasteiger partial charge in [-0.15, -0.1) is 0 Å². The Kier molecular flexibility index (Phi) is 4.41. The highest BCUT2D eigenvalue weighted by atomic mass is 19.2. The van der Waals surface area contributed by atoms with Crippen LogP contribution in [0.3, 0.4) is 0 Å². The molecule has 134 valence electrons. The van der Waals surface area contributed by atoms with Crippen LogP contribution in [0.1, 0.15) is 42.1 Å². The number of nitrogens with zero attached hydrogens (tertiary/aromatic N) is 2. The van der Waals surface area contributed by atoms with Gasteiger partial charge in [0.25, 0.3) is 5.91 Å². The molecule has 0 bridgehead atoms. The summed E-state index contributed by atoms with van der Waals surface area (Å²) >= 11 is 0. The molecule has 0 unspecified atom stereocenters. The van der Waals surface area contributed by atoms with Crippen molar-refractivity contribution in [1.82, 2.24) is 14.9 Å². The smallest absolute Gasteiger partial charge is 0.251 e. The average Bonchev–Trinajstić information content (AvgIpc) is 3.06. The summed E-state index contributed by atoms with van der Waals surface area (Å²) in [5.41, 5.74) is 1.73. The lowest BCUT2D eigenvalue weighted by Gasteiger charge is -2.30. The molecule has 0 atom stereocenters. The highest BCUT2D eigenvalue weighted by Crippen LogP contribution is 2.31. The summed E-state index contributed by atoms with van der Waals surface area (Å²) in [5.74, 6) is -1.79. The first-order valence-electron chi connectivity index (χ1n) is 8.79. The minimum absolute atomic E-state index is 0.0559. The van der Waals surface area contributed by atoms with E-state index in [9.17, 15) is 13.6 Å². The molecule has 4 rings (SSSR count). The predicted octanol–water partition coefficient (Wildman–Crippen LogP) is 4.23. The van der Waals surface area contributed by atoms with Gasteiger partial charge < -0.3 is 9.88 Å². The Labute approximate surface area is 149 Å². The summed E-state index contributed by atoms with van der Waals surface area (Å²) in [6, 6.07) is 11.8. The second-order valence-electron chi connectivity index (χ2n) is 6.75. The number of rotatable bonds is 3. The van der Waals surface area contributed by atoms with E-state index in [0.717, 1.165) is 31.7 Å². The van der Waals surface area contributed by atoms with E-state index in [1.54, 1.807) is 18.5 Å². The number of amides is 1. The topological polar surface area (TPSA) is 46.9 Å². The minimum atomic E-state index is -0.880. The second-order valence-corrected chi connectivity index (χ2v) is 6.75. The molecule has 26 heavy (non-hydrogen) atoms. The Hall–Kier alpha value is -2.76. The first kappa shape index (κ1) is 16.7. The van der Waals surface area contributed by atoms with E-state index in [1.165, 1.54) is 6.07 Å². The molecule has 0 saturated heterocycles. The van der Waals surface area contributed by atoms with Gasteiger partial charge in [-0.2, -0.15) is 0 Å². The van der Waals surface area contributed by atoms with Crippen LogP contribution in [0.25, 0.3) is 11.0 Å². The van der Waals surface area contributed by atoms with Crippen LogP contribution in [0.5, 0.6) is 0 Å². The van der Waals surface area contributed by atoms with Crippen molar-refractivity contribution in [3.05, 3.63) is 66.0 Å². The summed E-state index contributed by atoms with van der Waals surface area (Å²) in [6.07, 6.45) is 5.03. The van der Waals surface area contributed by atoms with Gasteiger partial charge in [-0.05, 0) is 37.8 Å². The maximum atomic E-state index is 13.6. The molecule has 6 heteroatoms. The van der Waals surface area contributed by atoms with Gasteiger partial charge in [-0.3, -0.25) is 4.79 Å². The molecule has 4 nitrogen and oxygen atoms in total. The number of benzene rings is 2. The Morgan fingerprint density at radius 1 is 1.04 bits per heavy atom. The van der Waals surface area contributed by atoms with Crippen LogP contribution >= 0.6 is 0 Å².